The molecule has 1 aromatic rings. The van der Waals surface area contributed by atoms with Crippen molar-refractivity contribution >= 4 is 34.9 Å². The minimum atomic E-state index is -0.249. The van der Waals surface area contributed by atoms with Crippen molar-refractivity contribution in [3.8, 4) is 0 Å². The molecule has 1 aliphatic heterocycles. The van der Waals surface area contributed by atoms with E-state index in [0.717, 1.165) is 18.4 Å². The zero-order chi connectivity index (χ0) is 16.7. The first-order valence-electron chi connectivity index (χ1n) is 7.43. The predicted molar refractivity (Wildman–Crippen MR) is 89.2 cm³/mol. The highest BCUT2D eigenvalue weighted by Crippen LogP contribution is 2.24. The van der Waals surface area contributed by atoms with Gasteiger partial charge in [0.25, 0.3) is 0 Å². The SMILES string of the molecule is CO/N=C(/CCC(=O)OC1CCOCC1)c1ccc(Cl)c(Cl)c1. The van der Waals surface area contributed by atoms with Crippen LogP contribution in [-0.2, 0) is 19.1 Å². The van der Waals surface area contributed by atoms with Gasteiger partial charge in [0.2, 0.25) is 0 Å². The van der Waals surface area contributed by atoms with Gasteiger partial charge in [0.05, 0.1) is 35.4 Å². The summed E-state index contributed by atoms with van der Waals surface area (Å²) in [6.45, 7) is 1.27. The number of oxime groups is 1. The molecule has 0 N–H and O–H groups in total. The van der Waals surface area contributed by atoms with Crippen LogP contribution >= 0.6 is 23.2 Å². The van der Waals surface area contributed by atoms with Gasteiger partial charge in [-0.05, 0) is 12.1 Å². The number of carbonyl (C=O) groups excluding carboxylic acids is 1. The number of nitrogens with zero attached hydrogens (tertiary/aromatic N) is 1. The van der Waals surface area contributed by atoms with Crippen molar-refractivity contribution in [2.24, 2.45) is 5.16 Å². The fraction of sp³-hybridized carbons (Fsp3) is 0.500. The molecular weight excluding hydrogens is 341 g/mol. The number of benzene rings is 1. The highest BCUT2D eigenvalue weighted by atomic mass is 35.5. The first kappa shape index (κ1) is 18.0. The van der Waals surface area contributed by atoms with E-state index in [2.05, 4.69) is 5.16 Å². The Bertz CT molecular complexity index is 571. The Morgan fingerprint density at radius 1 is 1.26 bits per heavy atom. The summed E-state index contributed by atoms with van der Waals surface area (Å²) in [5.74, 6) is -0.249. The molecule has 1 saturated heterocycles. The highest BCUT2D eigenvalue weighted by Gasteiger charge is 2.19. The Morgan fingerprint density at radius 3 is 2.65 bits per heavy atom. The van der Waals surface area contributed by atoms with Crippen molar-refractivity contribution in [2.45, 2.75) is 31.8 Å². The summed E-state index contributed by atoms with van der Waals surface area (Å²) < 4.78 is 10.7. The van der Waals surface area contributed by atoms with E-state index >= 15 is 0 Å². The average molecular weight is 360 g/mol. The molecule has 0 aromatic heterocycles. The lowest BCUT2D eigenvalue weighted by atomic mass is 10.1. The molecular formula is C16H19Cl2NO4. The van der Waals surface area contributed by atoms with E-state index in [1.165, 1.54) is 7.11 Å². The normalized spacial score (nSPS) is 16.2. The molecule has 1 fully saturated rings. The zero-order valence-electron chi connectivity index (χ0n) is 12.9. The van der Waals surface area contributed by atoms with E-state index in [1.807, 2.05) is 0 Å². The molecule has 1 aliphatic rings. The fourth-order valence-electron chi connectivity index (χ4n) is 2.29. The first-order chi connectivity index (χ1) is 11.1. The standard InChI is InChI=1S/C16H19Cl2NO4/c1-21-19-15(11-2-3-13(17)14(18)10-11)4-5-16(20)23-12-6-8-22-9-7-12/h2-3,10,12H,4-9H2,1H3/b19-15-. The van der Waals surface area contributed by atoms with Crippen molar-refractivity contribution in [3.05, 3.63) is 33.8 Å². The van der Waals surface area contributed by atoms with E-state index in [-0.39, 0.29) is 18.5 Å². The van der Waals surface area contributed by atoms with E-state index < -0.39 is 0 Å². The summed E-state index contributed by atoms with van der Waals surface area (Å²) in [7, 11) is 1.46. The number of hydrogen-bond acceptors (Lipinski definition) is 5. The maximum absolute atomic E-state index is 12.0. The Kier molecular flexibility index (Phi) is 7.15. The van der Waals surface area contributed by atoms with Crippen LogP contribution in [0.3, 0.4) is 0 Å². The minimum Gasteiger partial charge on any atom is -0.462 e. The van der Waals surface area contributed by atoms with Gasteiger partial charge in [0.15, 0.2) is 0 Å². The summed E-state index contributed by atoms with van der Waals surface area (Å²) in [6.07, 6.45) is 2.06. The second-order valence-corrected chi connectivity index (χ2v) is 5.97. The molecule has 0 radical (unpaired) electrons. The second kappa shape index (κ2) is 9.11. The van der Waals surface area contributed by atoms with Gasteiger partial charge in [-0.25, -0.2) is 0 Å². The van der Waals surface area contributed by atoms with Crippen molar-refractivity contribution in [3.63, 3.8) is 0 Å². The molecule has 126 valence electrons. The fourth-order valence-corrected chi connectivity index (χ4v) is 2.59. The van der Waals surface area contributed by atoms with Crippen LogP contribution in [0.2, 0.25) is 10.0 Å². The second-order valence-electron chi connectivity index (χ2n) is 5.15. The molecule has 0 spiro atoms. The van der Waals surface area contributed by atoms with Gasteiger partial charge in [0, 0.05) is 24.8 Å². The van der Waals surface area contributed by atoms with Crippen LogP contribution in [0, 0.1) is 0 Å². The summed E-state index contributed by atoms with van der Waals surface area (Å²) in [6, 6.07) is 5.17. The topological polar surface area (TPSA) is 57.1 Å². The summed E-state index contributed by atoms with van der Waals surface area (Å²) in [4.78, 5) is 16.8. The molecule has 0 unspecified atom stereocenters. The van der Waals surface area contributed by atoms with Crippen LogP contribution < -0.4 is 0 Å². The van der Waals surface area contributed by atoms with Crippen molar-refractivity contribution < 1.29 is 19.1 Å². The van der Waals surface area contributed by atoms with Gasteiger partial charge in [-0.15, -0.1) is 0 Å². The van der Waals surface area contributed by atoms with Gasteiger partial charge < -0.3 is 14.3 Å². The number of ether oxygens (including phenoxy) is 2. The largest absolute Gasteiger partial charge is 0.462 e. The Hall–Kier alpha value is -1.30. The van der Waals surface area contributed by atoms with Crippen LogP contribution in [0.5, 0.6) is 0 Å². The quantitative estimate of drug-likeness (QED) is 0.439. The van der Waals surface area contributed by atoms with Crippen molar-refractivity contribution in [2.75, 3.05) is 20.3 Å². The summed E-state index contributed by atoms with van der Waals surface area (Å²) in [5, 5.41) is 4.86. The third-order valence-corrected chi connectivity index (χ3v) is 4.23. The summed E-state index contributed by atoms with van der Waals surface area (Å²) in [5.41, 5.74) is 1.38. The van der Waals surface area contributed by atoms with Gasteiger partial charge >= 0.3 is 5.97 Å². The van der Waals surface area contributed by atoms with E-state index in [0.29, 0.717) is 35.4 Å². The maximum Gasteiger partial charge on any atom is 0.306 e. The van der Waals surface area contributed by atoms with Crippen LogP contribution in [-0.4, -0.2) is 38.1 Å². The van der Waals surface area contributed by atoms with Gasteiger partial charge in [-0.2, -0.15) is 0 Å². The molecule has 0 saturated carbocycles. The minimum absolute atomic E-state index is 0.0518. The highest BCUT2D eigenvalue weighted by molar-refractivity contribution is 6.42. The molecule has 0 amide bonds. The molecule has 7 heteroatoms. The molecule has 1 aromatic carbocycles. The Labute approximate surface area is 145 Å². The lowest BCUT2D eigenvalue weighted by molar-refractivity contribution is -0.152. The molecule has 1 heterocycles. The van der Waals surface area contributed by atoms with Crippen molar-refractivity contribution in [1.82, 2.24) is 0 Å². The number of hydrogen-bond donors (Lipinski definition) is 0. The molecule has 23 heavy (non-hydrogen) atoms. The van der Waals surface area contributed by atoms with Crippen LogP contribution in [0.1, 0.15) is 31.2 Å². The lowest BCUT2D eigenvalue weighted by Gasteiger charge is -2.22. The molecule has 0 bridgehead atoms. The predicted octanol–water partition coefficient (Wildman–Crippen LogP) is 3.85. The zero-order valence-corrected chi connectivity index (χ0v) is 14.4. The van der Waals surface area contributed by atoms with Crippen molar-refractivity contribution in [1.29, 1.82) is 0 Å². The molecule has 0 atom stereocenters. The van der Waals surface area contributed by atoms with Crippen LogP contribution in [0.25, 0.3) is 0 Å². The third kappa shape index (κ3) is 5.68. The van der Waals surface area contributed by atoms with Crippen LogP contribution in [0.4, 0.5) is 0 Å². The van der Waals surface area contributed by atoms with Crippen LogP contribution in [0.15, 0.2) is 23.4 Å². The van der Waals surface area contributed by atoms with E-state index in [9.17, 15) is 4.79 Å². The maximum atomic E-state index is 12.0. The number of rotatable bonds is 6. The van der Waals surface area contributed by atoms with Gasteiger partial charge in [0.1, 0.15) is 13.2 Å². The average Bonchev–Trinajstić information content (AvgIpc) is 2.55. The van der Waals surface area contributed by atoms with E-state index in [1.54, 1.807) is 18.2 Å². The Morgan fingerprint density at radius 2 is 2.00 bits per heavy atom. The molecule has 0 aliphatic carbocycles. The summed E-state index contributed by atoms with van der Waals surface area (Å²) >= 11 is 11.9. The monoisotopic (exact) mass is 359 g/mol. The first-order valence-corrected chi connectivity index (χ1v) is 8.18. The lowest BCUT2D eigenvalue weighted by Crippen LogP contribution is -2.26. The molecule has 2 rings (SSSR count). The Balaban J connectivity index is 1.92. The third-order valence-electron chi connectivity index (χ3n) is 3.49. The van der Waals surface area contributed by atoms with Gasteiger partial charge in [-0.3, -0.25) is 4.79 Å². The number of carbonyl (C=O) groups is 1. The molecule has 5 nitrogen and oxygen atoms in total. The van der Waals surface area contributed by atoms with E-state index in [4.69, 9.17) is 37.5 Å². The smallest absolute Gasteiger partial charge is 0.306 e. The number of esters is 1. The van der Waals surface area contributed by atoms with Gasteiger partial charge in [-0.1, -0.05) is 34.4 Å². The number of halogens is 2.